The summed E-state index contributed by atoms with van der Waals surface area (Å²) in [6.07, 6.45) is 0. The van der Waals surface area contributed by atoms with E-state index in [1.54, 1.807) is 18.5 Å². The van der Waals surface area contributed by atoms with Gasteiger partial charge in [0.05, 0.1) is 11.3 Å². The Hall–Kier alpha value is -1.36. The maximum Gasteiger partial charge on any atom is 0.269 e. The summed E-state index contributed by atoms with van der Waals surface area (Å²) >= 11 is 0. The number of nitrogens with one attached hydrogen (secondary N) is 1. The van der Waals surface area contributed by atoms with Crippen LogP contribution >= 0.6 is 0 Å². The molecule has 5 heteroatoms. The molecule has 0 atom stereocenters. The maximum absolute atomic E-state index is 12.0. The van der Waals surface area contributed by atoms with Crippen molar-refractivity contribution in [3.63, 3.8) is 0 Å². The molecule has 0 aliphatic carbocycles. The fraction of sp³-hybridized carbons (Fsp3) is 0.692. The van der Waals surface area contributed by atoms with E-state index in [2.05, 4.69) is 10.4 Å². The van der Waals surface area contributed by atoms with Gasteiger partial charge in [0.15, 0.2) is 0 Å². The standard InChI is InChI=1S/C13H23N3O2/c1-6-16-11(7-10(15-16)9(2)3)12(17)14-8-13(4,5)18/h7,9,18H,6,8H2,1-5H3,(H,14,17). The predicted molar refractivity (Wildman–Crippen MR) is 70.6 cm³/mol. The summed E-state index contributed by atoms with van der Waals surface area (Å²) in [4.78, 5) is 12.0. The van der Waals surface area contributed by atoms with Crippen LogP contribution in [0.4, 0.5) is 0 Å². The molecule has 1 aromatic rings. The molecule has 0 fully saturated rings. The van der Waals surface area contributed by atoms with Crippen LogP contribution in [0, 0.1) is 0 Å². The lowest BCUT2D eigenvalue weighted by Crippen LogP contribution is -2.38. The Balaban J connectivity index is 2.84. The van der Waals surface area contributed by atoms with Crippen LogP contribution in [0.5, 0.6) is 0 Å². The molecule has 5 nitrogen and oxygen atoms in total. The highest BCUT2D eigenvalue weighted by molar-refractivity contribution is 5.92. The fourth-order valence-electron chi connectivity index (χ4n) is 1.53. The van der Waals surface area contributed by atoms with Crippen molar-refractivity contribution in [2.45, 2.75) is 52.7 Å². The molecule has 0 saturated carbocycles. The fourth-order valence-corrected chi connectivity index (χ4v) is 1.53. The molecular weight excluding hydrogens is 230 g/mol. The lowest BCUT2D eigenvalue weighted by Gasteiger charge is -2.17. The summed E-state index contributed by atoms with van der Waals surface area (Å²) in [6.45, 7) is 10.2. The monoisotopic (exact) mass is 253 g/mol. The molecule has 0 radical (unpaired) electrons. The first-order chi connectivity index (χ1) is 8.24. The molecule has 2 N–H and O–H groups in total. The van der Waals surface area contributed by atoms with Crippen molar-refractivity contribution in [1.29, 1.82) is 0 Å². The number of nitrogens with zero attached hydrogens (tertiary/aromatic N) is 2. The number of amides is 1. The van der Waals surface area contributed by atoms with Gasteiger partial charge in [-0.25, -0.2) is 0 Å². The first-order valence-corrected chi connectivity index (χ1v) is 6.33. The van der Waals surface area contributed by atoms with E-state index < -0.39 is 5.60 Å². The van der Waals surface area contributed by atoms with E-state index in [9.17, 15) is 9.90 Å². The topological polar surface area (TPSA) is 67.2 Å². The van der Waals surface area contributed by atoms with Crippen molar-refractivity contribution < 1.29 is 9.90 Å². The summed E-state index contributed by atoms with van der Waals surface area (Å²) < 4.78 is 1.69. The van der Waals surface area contributed by atoms with Crippen LogP contribution < -0.4 is 5.32 Å². The van der Waals surface area contributed by atoms with Gasteiger partial charge in [-0.3, -0.25) is 9.48 Å². The van der Waals surface area contributed by atoms with Crippen LogP contribution in [0.25, 0.3) is 0 Å². The second-order valence-electron chi connectivity index (χ2n) is 5.42. The van der Waals surface area contributed by atoms with E-state index in [1.807, 2.05) is 26.8 Å². The molecule has 0 aliphatic rings. The van der Waals surface area contributed by atoms with Gasteiger partial charge in [-0.05, 0) is 32.8 Å². The molecule has 102 valence electrons. The van der Waals surface area contributed by atoms with Gasteiger partial charge in [0, 0.05) is 13.1 Å². The number of hydrogen-bond acceptors (Lipinski definition) is 3. The Morgan fingerprint density at radius 1 is 1.56 bits per heavy atom. The molecule has 18 heavy (non-hydrogen) atoms. The van der Waals surface area contributed by atoms with Crippen LogP contribution in [-0.4, -0.2) is 32.9 Å². The first kappa shape index (κ1) is 14.7. The minimum Gasteiger partial charge on any atom is -0.389 e. The molecule has 0 aromatic carbocycles. The highest BCUT2D eigenvalue weighted by atomic mass is 16.3. The predicted octanol–water partition coefficient (Wildman–Crippen LogP) is 1.53. The van der Waals surface area contributed by atoms with E-state index in [-0.39, 0.29) is 12.5 Å². The number of aliphatic hydroxyl groups is 1. The smallest absolute Gasteiger partial charge is 0.269 e. The lowest BCUT2D eigenvalue weighted by molar-refractivity contribution is 0.0689. The molecule has 0 aliphatic heterocycles. The molecular formula is C13H23N3O2. The van der Waals surface area contributed by atoms with Gasteiger partial charge in [-0.15, -0.1) is 0 Å². The van der Waals surface area contributed by atoms with Gasteiger partial charge in [0.25, 0.3) is 5.91 Å². The van der Waals surface area contributed by atoms with E-state index in [4.69, 9.17) is 0 Å². The average Bonchev–Trinajstić information content (AvgIpc) is 2.68. The van der Waals surface area contributed by atoms with Crippen molar-refractivity contribution in [3.8, 4) is 0 Å². The van der Waals surface area contributed by atoms with Gasteiger partial charge >= 0.3 is 0 Å². The highest BCUT2D eigenvalue weighted by Crippen LogP contribution is 2.14. The van der Waals surface area contributed by atoms with Crippen LogP contribution in [0.2, 0.25) is 0 Å². The third-order valence-corrected chi connectivity index (χ3v) is 2.60. The van der Waals surface area contributed by atoms with Crippen molar-refractivity contribution in [2.24, 2.45) is 0 Å². The maximum atomic E-state index is 12.0. The largest absolute Gasteiger partial charge is 0.389 e. The third kappa shape index (κ3) is 3.84. The quantitative estimate of drug-likeness (QED) is 0.836. The number of carbonyl (C=O) groups excluding carboxylic acids is 1. The SMILES string of the molecule is CCn1nc(C(C)C)cc1C(=O)NCC(C)(C)O. The Kier molecular flexibility index (Phi) is 4.51. The van der Waals surface area contributed by atoms with E-state index in [0.29, 0.717) is 18.2 Å². The Bertz CT molecular complexity index is 416. The van der Waals surface area contributed by atoms with Gasteiger partial charge in [0.2, 0.25) is 0 Å². The van der Waals surface area contributed by atoms with E-state index >= 15 is 0 Å². The zero-order chi connectivity index (χ0) is 13.9. The normalized spacial score (nSPS) is 11.9. The zero-order valence-electron chi connectivity index (χ0n) is 11.8. The van der Waals surface area contributed by atoms with E-state index in [0.717, 1.165) is 5.69 Å². The van der Waals surface area contributed by atoms with Crippen LogP contribution in [-0.2, 0) is 6.54 Å². The molecule has 1 amide bonds. The number of aromatic nitrogens is 2. The number of aryl methyl sites for hydroxylation is 1. The second-order valence-corrected chi connectivity index (χ2v) is 5.42. The van der Waals surface area contributed by atoms with Gasteiger partial charge in [-0.1, -0.05) is 13.8 Å². The lowest BCUT2D eigenvalue weighted by atomic mass is 10.1. The highest BCUT2D eigenvalue weighted by Gasteiger charge is 2.19. The minimum atomic E-state index is -0.909. The molecule has 1 aromatic heterocycles. The third-order valence-electron chi connectivity index (χ3n) is 2.60. The summed E-state index contributed by atoms with van der Waals surface area (Å²) in [6, 6.07) is 1.81. The van der Waals surface area contributed by atoms with E-state index in [1.165, 1.54) is 0 Å². The van der Waals surface area contributed by atoms with Crippen molar-refractivity contribution in [3.05, 3.63) is 17.5 Å². The van der Waals surface area contributed by atoms with Crippen molar-refractivity contribution in [1.82, 2.24) is 15.1 Å². The molecule has 0 bridgehead atoms. The molecule has 1 heterocycles. The summed E-state index contributed by atoms with van der Waals surface area (Å²) in [5, 5.41) is 16.7. The van der Waals surface area contributed by atoms with Crippen molar-refractivity contribution >= 4 is 5.91 Å². The minimum absolute atomic E-state index is 0.196. The second kappa shape index (κ2) is 5.52. The first-order valence-electron chi connectivity index (χ1n) is 6.33. The van der Waals surface area contributed by atoms with Gasteiger partial charge in [-0.2, -0.15) is 5.10 Å². The number of rotatable bonds is 5. The Morgan fingerprint density at radius 2 is 2.17 bits per heavy atom. The number of carbonyl (C=O) groups is 1. The van der Waals surface area contributed by atoms with Crippen LogP contribution in [0.3, 0.4) is 0 Å². The van der Waals surface area contributed by atoms with Crippen molar-refractivity contribution in [2.75, 3.05) is 6.54 Å². The Labute approximate surface area is 108 Å². The van der Waals surface area contributed by atoms with Crippen LogP contribution in [0.1, 0.15) is 56.7 Å². The molecule has 0 saturated heterocycles. The van der Waals surface area contributed by atoms with Crippen LogP contribution in [0.15, 0.2) is 6.07 Å². The van der Waals surface area contributed by atoms with Gasteiger partial charge < -0.3 is 10.4 Å². The molecule has 0 spiro atoms. The average molecular weight is 253 g/mol. The molecule has 0 unspecified atom stereocenters. The summed E-state index contributed by atoms with van der Waals surface area (Å²) in [7, 11) is 0. The molecule has 1 rings (SSSR count). The summed E-state index contributed by atoms with van der Waals surface area (Å²) in [5.74, 6) is 0.0945. The number of hydrogen-bond donors (Lipinski definition) is 2. The Morgan fingerprint density at radius 3 is 2.61 bits per heavy atom. The summed E-state index contributed by atoms with van der Waals surface area (Å²) in [5.41, 5.74) is 0.545. The van der Waals surface area contributed by atoms with Gasteiger partial charge in [0.1, 0.15) is 5.69 Å². The zero-order valence-corrected chi connectivity index (χ0v) is 11.8.